The SMILES string of the molecule is CC1=C2[N-][C@H]([C@H](CC(N)=O)[C@@]2(C)CCC(=O)NC[C@H](C)OP(=O)(O)OC2C(O)[C@@H](n3cnc4cc(C)c(C)cc43)O[C@H]2CO)[C@]2(C)N=C(C(C)=C3N=C(C=C4N=C1[C@@H](CCC(N)=O)C4(C)C)[C@@H](CCC(N)=O)[C@]3(C)CC(N)=O)[C@@H](CCC(N)=O)[C@]2(C)CC(N)=O.[C-]#N.[Co]. The van der Waals surface area contributed by atoms with Crippen LogP contribution in [-0.2, 0) is 68.7 Å². The minimum absolute atomic E-state index is 0. The molecule has 1 radical (unpaired) electrons. The number of amides is 7. The molecule has 2 saturated heterocycles. The molecule has 2 aromatic rings. The number of benzene rings is 1. The van der Waals surface area contributed by atoms with Gasteiger partial charge in [-0.2, -0.15) is 5.70 Å². The Labute approximate surface area is 551 Å². The molecule has 6 aliphatic rings. The summed E-state index contributed by atoms with van der Waals surface area (Å²) in [6, 6.07) is 2.68. The molecule has 8 rings (SSSR count). The number of nitrogens with one attached hydrogen (secondary N) is 1. The number of aliphatic hydroxyl groups is 2. The summed E-state index contributed by atoms with van der Waals surface area (Å²) in [5.41, 5.74) is 36.8. The summed E-state index contributed by atoms with van der Waals surface area (Å²) < 4.78 is 32.3. The van der Waals surface area contributed by atoms with E-state index in [1.807, 2.05) is 80.5 Å². The summed E-state index contributed by atoms with van der Waals surface area (Å²) in [4.78, 5) is 125. The molecule has 0 saturated carbocycles. The van der Waals surface area contributed by atoms with Gasteiger partial charge < -0.3 is 81.3 Å². The van der Waals surface area contributed by atoms with Crippen LogP contribution in [0, 0.1) is 71.0 Å². The van der Waals surface area contributed by atoms with Gasteiger partial charge in [0.2, 0.25) is 41.4 Å². The predicted octanol–water partition coefficient (Wildman–Crippen LogP) is 4.04. The van der Waals surface area contributed by atoms with Crippen LogP contribution in [0.25, 0.3) is 16.4 Å². The molecule has 16 N–H and O–H groups in total. The Morgan fingerprint density at radius 1 is 0.796 bits per heavy atom. The number of aromatic nitrogens is 2. The maximum absolute atomic E-state index is 14.4. The Morgan fingerprint density at radius 3 is 1.95 bits per heavy atom. The quantitative estimate of drug-likeness (QED) is 0.0469. The van der Waals surface area contributed by atoms with E-state index in [4.69, 9.17) is 80.3 Å². The molecule has 93 heavy (non-hydrogen) atoms. The molecule has 6 aliphatic heterocycles. The second-order valence-corrected chi connectivity index (χ2v) is 28.4. The first-order chi connectivity index (χ1) is 42.8. The molecular weight excluding hydrogens is 1270 g/mol. The number of primary amides is 6. The normalized spacial score (nSPS) is 31.0. The molecular formula is C63H89CoN14O14P-2. The molecule has 1 aromatic carbocycles. The number of aliphatic hydroxyl groups excluding tert-OH is 2. The van der Waals surface area contributed by atoms with Crippen molar-refractivity contribution in [2.75, 3.05) is 13.2 Å². The van der Waals surface area contributed by atoms with Crippen molar-refractivity contribution in [3.8, 4) is 0 Å². The number of hydrogen-bond donors (Lipinski definition) is 10. The molecule has 511 valence electrons. The second-order valence-electron chi connectivity index (χ2n) is 27.0. The number of hydrogen-bond acceptors (Lipinski definition) is 18. The summed E-state index contributed by atoms with van der Waals surface area (Å²) in [5.74, 6) is -7.34. The topological polar surface area (TPSA) is 486 Å². The Bertz CT molecular complexity index is 3600. The Morgan fingerprint density at radius 2 is 1.38 bits per heavy atom. The van der Waals surface area contributed by atoms with Crippen molar-refractivity contribution in [2.45, 2.75) is 189 Å². The number of ether oxygens (including phenoxy) is 1. The number of aliphatic imine (C=N–C) groups is 3. The Balaban J connectivity index is 0.00000453. The van der Waals surface area contributed by atoms with Crippen molar-refractivity contribution in [3.63, 3.8) is 0 Å². The van der Waals surface area contributed by atoms with E-state index in [-0.39, 0.29) is 94.0 Å². The summed E-state index contributed by atoms with van der Waals surface area (Å²) in [5, 5.41) is 36.5. The molecule has 1 aromatic heterocycles. The fourth-order valence-corrected chi connectivity index (χ4v) is 16.5. The van der Waals surface area contributed by atoms with Gasteiger partial charge in [-0.25, -0.2) is 9.55 Å². The zero-order valence-electron chi connectivity index (χ0n) is 54.5. The van der Waals surface area contributed by atoms with Crippen molar-refractivity contribution in [2.24, 2.45) is 94.7 Å². The average Bonchev–Trinajstić information content (AvgIpc) is 1.53. The molecule has 0 spiro atoms. The van der Waals surface area contributed by atoms with Crippen molar-refractivity contribution < 1.29 is 83.8 Å². The summed E-state index contributed by atoms with van der Waals surface area (Å²) >= 11 is 0. The number of fused-ring (bicyclic) bond motifs is 7. The smallest absolute Gasteiger partial charge is 0.472 e. The Hall–Kier alpha value is -7.00. The monoisotopic (exact) mass is 1360 g/mol. The number of phosphoric ester groups is 1. The first kappa shape index (κ1) is 75.0. The third-order valence-corrected chi connectivity index (χ3v) is 21.6. The molecule has 28 nitrogen and oxygen atoms in total. The number of imidazole rings is 1. The minimum atomic E-state index is -5.07. The van der Waals surface area contributed by atoms with Crippen molar-refractivity contribution >= 4 is 77.3 Å². The predicted molar refractivity (Wildman–Crippen MR) is 339 cm³/mol. The summed E-state index contributed by atoms with van der Waals surface area (Å²) in [6.45, 7) is 23.9. The van der Waals surface area contributed by atoms with Gasteiger partial charge >= 0.3 is 7.82 Å². The van der Waals surface area contributed by atoms with Gasteiger partial charge in [0.25, 0.3) is 0 Å². The Kier molecular flexibility index (Phi) is 23.0. The number of phosphoric acid groups is 1. The fraction of sp³-hybridized carbons (Fsp3) is 0.619. The molecule has 0 aliphatic carbocycles. The van der Waals surface area contributed by atoms with E-state index in [0.29, 0.717) is 56.4 Å². The van der Waals surface area contributed by atoms with E-state index in [2.05, 4.69) is 10.3 Å². The summed E-state index contributed by atoms with van der Waals surface area (Å²) in [6.07, 6.45) is -4.47. The first-order valence-corrected chi connectivity index (χ1v) is 32.2. The molecule has 8 bridgehead atoms. The van der Waals surface area contributed by atoms with Gasteiger partial charge in [0.15, 0.2) is 6.23 Å². The van der Waals surface area contributed by atoms with E-state index < -0.39 is 143 Å². The van der Waals surface area contributed by atoms with E-state index >= 15 is 0 Å². The van der Waals surface area contributed by atoms with Gasteiger partial charge in [-0.3, -0.25) is 57.6 Å². The maximum Gasteiger partial charge on any atom is 0.472 e. The average molecular weight is 1360 g/mol. The number of carbonyl (C=O) groups excluding carboxylic acids is 7. The van der Waals surface area contributed by atoms with Crippen molar-refractivity contribution in [1.82, 2.24) is 14.9 Å². The number of aryl methyl sites for hydroxylation is 2. The van der Waals surface area contributed by atoms with Crippen LogP contribution >= 0.6 is 7.82 Å². The second kappa shape index (κ2) is 28.5. The number of rotatable bonds is 26. The van der Waals surface area contributed by atoms with Crippen LogP contribution in [-0.4, -0.2) is 132 Å². The van der Waals surface area contributed by atoms with Crippen LogP contribution in [0.4, 0.5) is 0 Å². The van der Waals surface area contributed by atoms with E-state index in [0.717, 1.165) is 11.1 Å². The first-order valence-electron chi connectivity index (χ1n) is 30.7. The van der Waals surface area contributed by atoms with Crippen LogP contribution < -0.4 is 39.7 Å². The molecule has 7 heterocycles. The van der Waals surface area contributed by atoms with Gasteiger partial charge in [-0.1, -0.05) is 40.7 Å². The molecule has 7 amide bonds. The van der Waals surface area contributed by atoms with Crippen LogP contribution in [0.1, 0.15) is 150 Å². The fourth-order valence-electron chi connectivity index (χ4n) is 15.3. The van der Waals surface area contributed by atoms with Crippen molar-refractivity contribution in [3.05, 3.63) is 75.8 Å². The van der Waals surface area contributed by atoms with Crippen LogP contribution in [0.3, 0.4) is 0 Å². The summed E-state index contributed by atoms with van der Waals surface area (Å²) in [7, 11) is -5.07. The third-order valence-electron chi connectivity index (χ3n) is 20.5. The standard InChI is InChI=1S/C62H90N13O14P.CN.Co/c1-29-20-39-40(21-30(29)2)75(28-70-39)57-52(84)53(41(27-76)87-57)89-90(85,86)88-31(3)26-69-49(83)18-19-59(8)37(22-46(66)80)56-62(11)61(10,25-48(68)82)36(14-17-45(65)79)51(74-62)33(5)55-60(9,24-47(67)81)34(12-15-43(63)77)38(71-55)23-42-58(6,7)35(13-16-44(64)78)50(72-42)32(4)54(59)73-56;1-2;/h20-21,23,28,31,34-37,41,52-53,56-57,76,84H,12-19,22,24-27H2,1-11H3,(H15,63,64,65,66,67,68,69,71,72,73,74,77,78,79,80,81,82,83,85,86);;/q;-1;/p-1/t31-,34+,35+,36+,37-,41-,52?,53?,56+,57-,59+,60-,61-,62-;;/m0../s1. The maximum atomic E-state index is 14.4. The van der Waals surface area contributed by atoms with Gasteiger partial charge in [-0.05, 0) is 119 Å². The van der Waals surface area contributed by atoms with Gasteiger partial charge in [0, 0.05) is 125 Å². The van der Waals surface area contributed by atoms with Gasteiger partial charge in [0.1, 0.15) is 18.3 Å². The van der Waals surface area contributed by atoms with E-state index in [1.165, 1.54) is 13.3 Å². The van der Waals surface area contributed by atoms with Crippen LogP contribution in [0.15, 0.2) is 67.8 Å². The minimum Gasteiger partial charge on any atom is -0.682 e. The van der Waals surface area contributed by atoms with E-state index in [1.54, 1.807) is 11.5 Å². The van der Waals surface area contributed by atoms with Crippen LogP contribution in [0.5, 0.6) is 0 Å². The number of allylic oxidation sites excluding steroid dienone is 6. The number of carbonyl (C=O) groups is 7. The molecule has 3 unspecified atom stereocenters. The van der Waals surface area contributed by atoms with Gasteiger partial charge in [0.05, 0.1) is 41.3 Å². The third kappa shape index (κ3) is 14.6. The number of nitrogens with zero attached hydrogens (tertiary/aromatic N) is 7. The molecule has 15 atom stereocenters. The molecule has 30 heteroatoms. The van der Waals surface area contributed by atoms with Gasteiger partial charge in [-0.15, -0.1) is 0 Å². The molecule has 2 fully saturated rings. The largest absolute Gasteiger partial charge is 0.682 e. The zero-order chi connectivity index (χ0) is 68.7. The van der Waals surface area contributed by atoms with E-state index in [9.17, 15) is 53.2 Å². The van der Waals surface area contributed by atoms with Crippen LogP contribution in [0.2, 0.25) is 0 Å². The zero-order valence-corrected chi connectivity index (χ0v) is 56.4. The van der Waals surface area contributed by atoms with Crippen molar-refractivity contribution in [1.29, 1.82) is 5.26 Å². The number of nitrogens with two attached hydrogens (primary N) is 6.